The number of carbonyl (C=O) groups excluding carboxylic acids is 1. The Bertz CT molecular complexity index is 876. The summed E-state index contributed by atoms with van der Waals surface area (Å²) in [6.45, 7) is 0.830. The van der Waals surface area contributed by atoms with Crippen molar-refractivity contribution in [2.45, 2.75) is 19.1 Å². The van der Waals surface area contributed by atoms with Crippen molar-refractivity contribution in [2.75, 3.05) is 6.61 Å². The van der Waals surface area contributed by atoms with Gasteiger partial charge in [0.2, 0.25) is 0 Å². The van der Waals surface area contributed by atoms with Crippen LogP contribution in [0.5, 0.6) is 0 Å². The molecule has 1 atom stereocenters. The van der Waals surface area contributed by atoms with Gasteiger partial charge in [0.25, 0.3) is 5.91 Å². The molecule has 0 radical (unpaired) electrons. The van der Waals surface area contributed by atoms with E-state index in [0.717, 1.165) is 17.5 Å². The fourth-order valence-corrected chi connectivity index (χ4v) is 2.97. The van der Waals surface area contributed by atoms with Crippen LogP contribution in [0.4, 0.5) is 0 Å². The van der Waals surface area contributed by atoms with Gasteiger partial charge in [0.05, 0.1) is 13.2 Å². The summed E-state index contributed by atoms with van der Waals surface area (Å²) in [4.78, 5) is 16.9. The van der Waals surface area contributed by atoms with E-state index >= 15 is 0 Å². The molecule has 1 aliphatic rings. The highest BCUT2D eigenvalue weighted by atomic mass is 16.5. The summed E-state index contributed by atoms with van der Waals surface area (Å²) in [5.41, 5.74) is 3.04. The number of ether oxygens (including phenoxy) is 1. The van der Waals surface area contributed by atoms with Crippen LogP contribution in [-0.4, -0.2) is 27.7 Å². The first-order chi connectivity index (χ1) is 12.3. The fraction of sp³-hybridized carbons (Fsp3) is 0.211. The lowest BCUT2D eigenvalue weighted by molar-refractivity contribution is -0.134. The van der Waals surface area contributed by atoms with Crippen LogP contribution in [-0.2, 0) is 22.5 Å². The molecular formula is C19H18N4O2. The van der Waals surface area contributed by atoms with Crippen LogP contribution in [0.2, 0.25) is 0 Å². The summed E-state index contributed by atoms with van der Waals surface area (Å²) in [6.07, 6.45) is 0.268. The summed E-state index contributed by atoms with van der Waals surface area (Å²) in [7, 11) is 0. The Morgan fingerprint density at radius 2 is 1.96 bits per heavy atom. The Labute approximate surface area is 145 Å². The summed E-state index contributed by atoms with van der Waals surface area (Å²) in [5.74, 6) is 1.06. The van der Waals surface area contributed by atoms with E-state index in [-0.39, 0.29) is 12.5 Å². The molecule has 1 amide bonds. The van der Waals surface area contributed by atoms with Crippen molar-refractivity contribution in [3.05, 3.63) is 71.5 Å². The standard InChI is InChI=1S/C19H18N4O2/c24-19(17-15-9-5-4-6-13(15)10-11-25-17)20-12-16-21-18(23-22-16)14-7-2-1-3-8-14/h1-9,17H,10-12H2,(H,20,24)(H,21,22,23)/t17-/m1/s1. The molecule has 0 fully saturated rings. The molecule has 2 heterocycles. The Morgan fingerprint density at radius 1 is 1.16 bits per heavy atom. The maximum atomic E-state index is 12.5. The Kier molecular flexibility index (Phi) is 4.26. The van der Waals surface area contributed by atoms with Gasteiger partial charge in [-0.15, -0.1) is 0 Å². The van der Waals surface area contributed by atoms with Crippen molar-refractivity contribution in [3.8, 4) is 11.4 Å². The van der Waals surface area contributed by atoms with Gasteiger partial charge in [0, 0.05) is 5.56 Å². The molecule has 0 bridgehead atoms. The minimum absolute atomic E-state index is 0.162. The zero-order chi connectivity index (χ0) is 17.1. The van der Waals surface area contributed by atoms with E-state index in [1.807, 2.05) is 54.6 Å². The Morgan fingerprint density at radius 3 is 2.84 bits per heavy atom. The van der Waals surface area contributed by atoms with Gasteiger partial charge in [-0.3, -0.25) is 9.89 Å². The third kappa shape index (κ3) is 3.29. The molecule has 0 saturated heterocycles. The molecule has 0 aliphatic carbocycles. The first kappa shape index (κ1) is 15.5. The van der Waals surface area contributed by atoms with E-state index in [1.54, 1.807) is 0 Å². The Hall–Kier alpha value is -2.99. The highest BCUT2D eigenvalue weighted by Gasteiger charge is 2.27. The van der Waals surface area contributed by atoms with Gasteiger partial charge in [0.15, 0.2) is 11.9 Å². The van der Waals surface area contributed by atoms with Crippen LogP contribution < -0.4 is 5.32 Å². The highest BCUT2D eigenvalue weighted by molar-refractivity contribution is 5.82. The largest absolute Gasteiger partial charge is 0.363 e. The van der Waals surface area contributed by atoms with Crippen molar-refractivity contribution in [1.29, 1.82) is 0 Å². The van der Waals surface area contributed by atoms with Gasteiger partial charge in [0.1, 0.15) is 5.82 Å². The smallest absolute Gasteiger partial charge is 0.254 e. The van der Waals surface area contributed by atoms with Crippen LogP contribution in [0.1, 0.15) is 23.1 Å². The van der Waals surface area contributed by atoms with Gasteiger partial charge < -0.3 is 10.1 Å². The van der Waals surface area contributed by atoms with Crippen LogP contribution in [0.3, 0.4) is 0 Å². The lowest BCUT2D eigenvalue weighted by Crippen LogP contribution is -2.33. The SMILES string of the molecule is O=C(NCc1nc(-c2ccccc2)n[nH]1)[C@@H]1OCCc2ccccc21. The zero-order valence-electron chi connectivity index (χ0n) is 13.6. The van der Waals surface area contributed by atoms with Gasteiger partial charge in [-0.2, -0.15) is 5.10 Å². The second-order valence-electron chi connectivity index (χ2n) is 5.89. The molecule has 3 aromatic rings. The maximum Gasteiger partial charge on any atom is 0.254 e. The molecule has 2 aromatic carbocycles. The number of amides is 1. The minimum atomic E-state index is -0.568. The number of benzene rings is 2. The van der Waals surface area contributed by atoms with Crippen LogP contribution in [0.25, 0.3) is 11.4 Å². The van der Waals surface area contributed by atoms with Gasteiger partial charge in [-0.25, -0.2) is 4.98 Å². The predicted octanol–water partition coefficient (Wildman–Crippen LogP) is 2.40. The number of H-pyrrole nitrogens is 1. The summed E-state index contributed by atoms with van der Waals surface area (Å²) in [6, 6.07) is 17.6. The van der Waals surface area contributed by atoms with Crippen molar-refractivity contribution in [3.63, 3.8) is 0 Å². The lowest BCUT2D eigenvalue weighted by Gasteiger charge is -2.24. The van der Waals surface area contributed by atoms with Gasteiger partial charge >= 0.3 is 0 Å². The molecule has 4 rings (SSSR count). The summed E-state index contributed by atoms with van der Waals surface area (Å²) in [5, 5.41) is 9.94. The van der Waals surface area contributed by atoms with Gasteiger partial charge in [-0.05, 0) is 17.5 Å². The molecular weight excluding hydrogens is 316 g/mol. The fourth-order valence-electron chi connectivity index (χ4n) is 2.97. The van der Waals surface area contributed by atoms with Crippen LogP contribution in [0.15, 0.2) is 54.6 Å². The van der Waals surface area contributed by atoms with Crippen molar-refractivity contribution < 1.29 is 9.53 Å². The number of nitrogens with zero attached hydrogens (tertiary/aromatic N) is 2. The van der Waals surface area contributed by atoms with E-state index < -0.39 is 6.10 Å². The second kappa shape index (κ2) is 6.86. The molecule has 126 valence electrons. The molecule has 0 spiro atoms. The molecule has 6 heteroatoms. The highest BCUT2D eigenvalue weighted by Crippen LogP contribution is 2.27. The van der Waals surface area contributed by atoms with Gasteiger partial charge in [-0.1, -0.05) is 54.6 Å². The van der Waals surface area contributed by atoms with Crippen LogP contribution in [0, 0.1) is 0 Å². The average molecular weight is 334 g/mol. The lowest BCUT2D eigenvalue weighted by atomic mass is 9.97. The molecule has 25 heavy (non-hydrogen) atoms. The molecule has 1 aromatic heterocycles. The third-order valence-corrected chi connectivity index (χ3v) is 4.23. The average Bonchev–Trinajstić information content (AvgIpc) is 3.15. The van der Waals surface area contributed by atoms with Crippen molar-refractivity contribution in [2.24, 2.45) is 0 Å². The summed E-state index contributed by atoms with van der Waals surface area (Å²) >= 11 is 0. The zero-order valence-corrected chi connectivity index (χ0v) is 13.6. The number of fused-ring (bicyclic) bond motifs is 1. The number of hydrogen-bond donors (Lipinski definition) is 2. The predicted molar refractivity (Wildman–Crippen MR) is 92.5 cm³/mol. The van der Waals surface area contributed by atoms with E-state index in [9.17, 15) is 4.79 Å². The molecule has 0 unspecified atom stereocenters. The van der Waals surface area contributed by atoms with Crippen molar-refractivity contribution >= 4 is 5.91 Å². The number of aromatic amines is 1. The number of rotatable bonds is 4. The van der Waals surface area contributed by atoms with E-state index in [0.29, 0.717) is 18.3 Å². The third-order valence-electron chi connectivity index (χ3n) is 4.23. The van der Waals surface area contributed by atoms with Crippen molar-refractivity contribution in [1.82, 2.24) is 20.5 Å². The van der Waals surface area contributed by atoms with E-state index in [4.69, 9.17) is 4.74 Å². The molecule has 6 nitrogen and oxygen atoms in total. The number of aromatic nitrogens is 3. The van der Waals surface area contributed by atoms with E-state index in [1.165, 1.54) is 5.56 Å². The first-order valence-corrected chi connectivity index (χ1v) is 8.25. The topological polar surface area (TPSA) is 79.9 Å². The number of nitrogens with one attached hydrogen (secondary N) is 2. The Balaban J connectivity index is 1.42. The monoisotopic (exact) mass is 334 g/mol. The minimum Gasteiger partial charge on any atom is -0.363 e. The van der Waals surface area contributed by atoms with E-state index in [2.05, 4.69) is 20.5 Å². The molecule has 2 N–H and O–H groups in total. The number of carbonyl (C=O) groups is 1. The normalized spacial score (nSPS) is 16.2. The quantitative estimate of drug-likeness (QED) is 0.768. The second-order valence-corrected chi connectivity index (χ2v) is 5.89. The molecule has 0 saturated carbocycles. The summed E-state index contributed by atoms with van der Waals surface area (Å²) < 4.78 is 5.67. The van der Waals surface area contributed by atoms with Crippen LogP contribution >= 0.6 is 0 Å². The number of hydrogen-bond acceptors (Lipinski definition) is 4. The maximum absolute atomic E-state index is 12.5. The molecule has 1 aliphatic heterocycles. The first-order valence-electron chi connectivity index (χ1n) is 8.25.